The quantitative estimate of drug-likeness (QED) is 0.294. The fourth-order valence-corrected chi connectivity index (χ4v) is 3.73. The van der Waals surface area contributed by atoms with Crippen LogP contribution < -0.4 is 5.73 Å². The first kappa shape index (κ1) is 18.2. The normalized spacial score (nSPS) is 12.0. The van der Waals surface area contributed by atoms with Crippen molar-refractivity contribution in [2.75, 3.05) is 0 Å². The molecular weight excluding hydrogens is 445 g/mol. The largest absolute Gasteiger partial charge is 0.377 e. The number of alkyl halides is 1. The van der Waals surface area contributed by atoms with Gasteiger partial charge in [0.2, 0.25) is 0 Å². The Morgan fingerprint density at radius 2 is 1.96 bits per heavy atom. The van der Waals surface area contributed by atoms with Gasteiger partial charge in [0.15, 0.2) is 5.17 Å². The maximum Gasteiger partial charge on any atom is 0.180 e. The van der Waals surface area contributed by atoms with Crippen molar-refractivity contribution in [1.29, 1.82) is 0 Å². The third-order valence-corrected chi connectivity index (χ3v) is 5.09. The van der Waals surface area contributed by atoms with Crippen LogP contribution in [0.4, 0.5) is 4.39 Å². The number of hydrogen-bond donors (Lipinski definition) is 1. The number of hydrogen-bond acceptors (Lipinski definition) is 3. The van der Waals surface area contributed by atoms with Crippen molar-refractivity contribution in [3.63, 3.8) is 0 Å². The van der Waals surface area contributed by atoms with E-state index in [0.717, 1.165) is 5.56 Å². The molecule has 120 valence electrons. The van der Waals surface area contributed by atoms with E-state index < -0.39 is 0 Å². The van der Waals surface area contributed by atoms with Crippen molar-refractivity contribution < 1.29 is 4.39 Å². The molecule has 7 heteroatoms. The SMILES string of the molecule is NC(=NN=Cc1ccc(Br)c(CBr)c1F)SCc1ccccc1. The molecule has 0 bridgehead atoms. The van der Waals surface area contributed by atoms with Gasteiger partial charge in [0.1, 0.15) is 5.82 Å². The second-order valence-electron chi connectivity index (χ2n) is 4.52. The second kappa shape index (κ2) is 9.20. The first-order valence-corrected chi connectivity index (χ1v) is 9.58. The van der Waals surface area contributed by atoms with Gasteiger partial charge in [-0.25, -0.2) is 4.39 Å². The summed E-state index contributed by atoms with van der Waals surface area (Å²) in [6.07, 6.45) is 1.36. The van der Waals surface area contributed by atoms with Gasteiger partial charge in [-0.1, -0.05) is 74.0 Å². The summed E-state index contributed by atoms with van der Waals surface area (Å²) < 4.78 is 14.9. The summed E-state index contributed by atoms with van der Waals surface area (Å²) in [4.78, 5) is 0. The highest BCUT2D eigenvalue weighted by Gasteiger charge is 2.09. The van der Waals surface area contributed by atoms with Crippen LogP contribution in [0.15, 0.2) is 57.1 Å². The molecule has 0 saturated heterocycles. The predicted octanol–water partition coefficient (Wildman–Crippen LogP) is 5.07. The van der Waals surface area contributed by atoms with Gasteiger partial charge in [-0.15, -0.1) is 5.10 Å². The molecule has 0 spiro atoms. The number of rotatable bonds is 5. The molecule has 23 heavy (non-hydrogen) atoms. The summed E-state index contributed by atoms with van der Waals surface area (Å²) in [5, 5.41) is 8.51. The van der Waals surface area contributed by atoms with Crippen molar-refractivity contribution in [3.8, 4) is 0 Å². The molecule has 0 aliphatic carbocycles. The number of amidine groups is 1. The summed E-state index contributed by atoms with van der Waals surface area (Å²) >= 11 is 7.96. The Morgan fingerprint density at radius 3 is 2.65 bits per heavy atom. The number of nitrogens with zero attached hydrogens (tertiary/aromatic N) is 2. The predicted molar refractivity (Wildman–Crippen MR) is 104 cm³/mol. The van der Waals surface area contributed by atoms with E-state index >= 15 is 0 Å². The van der Waals surface area contributed by atoms with E-state index in [0.29, 0.717) is 31.9 Å². The Labute approximate surface area is 155 Å². The monoisotopic (exact) mass is 457 g/mol. The van der Waals surface area contributed by atoms with E-state index in [1.165, 1.54) is 18.0 Å². The number of thioether (sulfide) groups is 1. The van der Waals surface area contributed by atoms with Gasteiger partial charge in [-0.3, -0.25) is 0 Å². The molecule has 0 unspecified atom stereocenters. The van der Waals surface area contributed by atoms with Crippen LogP contribution in [0.2, 0.25) is 0 Å². The van der Waals surface area contributed by atoms with Gasteiger partial charge in [0, 0.05) is 26.7 Å². The molecule has 2 aromatic rings. The molecule has 0 aliphatic rings. The van der Waals surface area contributed by atoms with Crippen LogP contribution in [0.1, 0.15) is 16.7 Å². The minimum absolute atomic E-state index is 0.328. The summed E-state index contributed by atoms with van der Waals surface area (Å²) in [5.74, 6) is 0.386. The van der Waals surface area contributed by atoms with E-state index in [2.05, 4.69) is 42.1 Å². The Hall–Kier alpha value is -1.18. The van der Waals surface area contributed by atoms with E-state index in [4.69, 9.17) is 5.73 Å². The van der Waals surface area contributed by atoms with Crippen molar-refractivity contribution >= 4 is 55.0 Å². The van der Waals surface area contributed by atoms with Gasteiger partial charge in [0.05, 0.1) is 6.21 Å². The van der Waals surface area contributed by atoms with Crippen LogP contribution in [0.3, 0.4) is 0 Å². The molecule has 0 atom stereocenters. The highest BCUT2D eigenvalue weighted by molar-refractivity contribution is 9.10. The van der Waals surface area contributed by atoms with E-state index in [1.54, 1.807) is 12.1 Å². The molecule has 2 N–H and O–H groups in total. The highest BCUT2D eigenvalue weighted by Crippen LogP contribution is 2.24. The van der Waals surface area contributed by atoms with Crippen LogP contribution in [-0.4, -0.2) is 11.4 Å². The van der Waals surface area contributed by atoms with Crippen LogP contribution in [0, 0.1) is 5.82 Å². The van der Waals surface area contributed by atoms with Crippen LogP contribution in [0.25, 0.3) is 0 Å². The van der Waals surface area contributed by atoms with Crippen LogP contribution >= 0.6 is 43.6 Å². The minimum atomic E-state index is -0.328. The summed E-state index contributed by atoms with van der Waals surface area (Å²) in [7, 11) is 0. The smallest absolute Gasteiger partial charge is 0.180 e. The lowest BCUT2D eigenvalue weighted by Gasteiger charge is -2.04. The lowest BCUT2D eigenvalue weighted by molar-refractivity contribution is 0.614. The molecule has 0 fully saturated rings. The molecular formula is C16H14Br2FN3S. The minimum Gasteiger partial charge on any atom is -0.377 e. The van der Waals surface area contributed by atoms with Gasteiger partial charge >= 0.3 is 0 Å². The molecule has 2 aromatic carbocycles. The number of nitrogens with two attached hydrogens (primary N) is 1. The zero-order valence-electron chi connectivity index (χ0n) is 12.0. The maximum atomic E-state index is 14.2. The molecule has 0 aromatic heterocycles. The molecule has 3 nitrogen and oxygen atoms in total. The third kappa shape index (κ3) is 5.44. The molecule has 0 heterocycles. The summed E-state index contributed by atoms with van der Waals surface area (Å²) in [6.45, 7) is 0. The average molecular weight is 459 g/mol. The molecule has 0 radical (unpaired) electrons. The van der Waals surface area contributed by atoms with Gasteiger partial charge < -0.3 is 5.73 Å². The topological polar surface area (TPSA) is 50.7 Å². The van der Waals surface area contributed by atoms with Gasteiger partial charge in [0.25, 0.3) is 0 Å². The van der Waals surface area contributed by atoms with Crippen molar-refractivity contribution in [3.05, 3.63) is 69.4 Å². The summed E-state index contributed by atoms with van der Waals surface area (Å²) in [6, 6.07) is 13.4. The first-order chi connectivity index (χ1) is 11.1. The number of halogens is 3. The van der Waals surface area contributed by atoms with Gasteiger partial charge in [-0.05, 0) is 17.7 Å². The first-order valence-electron chi connectivity index (χ1n) is 6.68. The molecule has 2 rings (SSSR count). The zero-order valence-corrected chi connectivity index (χ0v) is 16.0. The van der Waals surface area contributed by atoms with Crippen molar-refractivity contribution in [2.45, 2.75) is 11.1 Å². The molecule has 0 amide bonds. The number of benzene rings is 2. The third-order valence-electron chi connectivity index (χ3n) is 2.93. The zero-order chi connectivity index (χ0) is 16.7. The van der Waals surface area contributed by atoms with E-state index in [-0.39, 0.29) is 5.82 Å². The lowest BCUT2D eigenvalue weighted by atomic mass is 10.1. The molecule has 0 saturated carbocycles. The van der Waals surface area contributed by atoms with E-state index in [1.807, 2.05) is 30.3 Å². The van der Waals surface area contributed by atoms with Crippen molar-refractivity contribution in [2.24, 2.45) is 15.9 Å². The molecule has 0 aliphatic heterocycles. The highest BCUT2D eigenvalue weighted by atomic mass is 79.9. The maximum absolute atomic E-state index is 14.2. The fraction of sp³-hybridized carbons (Fsp3) is 0.125. The average Bonchev–Trinajstić information content (AvgIpc) is 2.56. The van der Waals surface area contributed by atoms with E-state index in [9.17, 15) is 4.39 Å². The van der Waals surface area contributed by atoms with Crippen molar-refractivity contribution in [1.82, 2.24) is 0 Å². The standard InChI is InChI=1S/C16H14Br2FN3S/c17-8-13-14(18)7-6-12(15(13)19)9-21-22-16(20)23-10-11-4-2-1-3-5-11/h1-7,9H,8,10H2,(H2,20,22). The second-order valence-corrected chi connectivity index (χ2v) is 6.93. The van der Waals surface area contributed by atoms with Gasteiger partial charge in [-0.2, -0.15) is 5.10 Å². The fourth-order valence-electron chi connectivity index (χ4n) is 1.75. The Morgan fingerprint density at radius 1 is 1.22 bits per heavy atom. The Balaban J connectivity index is 2.00. The summed E-state index contributed by atoms with van der Waals surface area (Å²) in [5.41, 5.74) is 7.86. The Bertz CT molecular complexity index is 721. The van der Waals surface area contributed by atoms with Crippen LogP contribution in [0.5, 0.6) is 0 Å². The Kier molecular flexibility index (Phi) is 7.26. The van der Waals surface area contributed by atoms with Crippen LogP contribution in [-0.2, 0) is 11.1 Å². The lowest BCUT2D eigenvalue weighted by Crippen LogP contribution is -2.06.